The summed E-state index contributed by atoms with van der Waals surface area (Å²) in [5.41, 5.74) is 8.71. The molecule has 38 heavy (non-hydrogen) atoms. The van der Waals surface area contributed by atoms with Crippen molar-refractivity contribution in [2.75, 3.05) is 11.9 Å². The van der Waals surface area contributed by atoms with Crippen molar-refractivity contribution in [2.45, 2.75) is 6.42 Å². The first kappa shape index (κ1) is 25.8. The van der Waals surface area contributed by atoms with Gasteiger partial charge in [-0.05, 0) is 65.6 Å². The molecule has 0 heterocycles. The zero-order valence-electron chi connectivity index (χ0n) is 20.4. The Bertz CT molecular complexity index is 1500. The number of amides is 2. The average Bonchev–Trinajstić information content (AvgIpc) is 2.93. The Labute approximate surface area is 219 Å². The van der Waals surface area contributed by atoms with Crippen molar-refractivity contribution in [1.82, 2.24) is 5.32 Å². The van der Waals surface area contributed by atoms with E-state index >= 15 is 0 Å². The number of anilines is 1. The van der Waals surface area contributed by atoms with Gasteiger partial charge in [0.15, 0.2) is 0 Å². The molecule has 0 aromatic heterocycles. The third-order valence-corrected chi connectivity index (χ3v) is 5.97. The third kappa shape index (κ3) is 6.11. The Morgan fingerprint density at radius 3 is 2.05 bits per heavy atom. The second-order valence-electron chi connectivity index (χ2n) is 8.55. The molecule has 0 saturated carbocycles. The topological polar surface area (TPSA) is 145 Å². The molecule has 0 aliphatic carbocycles. The van der Waals surface area contributed by atoms with E-state index in [1.54, 1.807) is 60.7 Å². The molecule has 0 aliphatic rings. The first-order valence-electron chi connectivity index (χ1n) is 11.9. The van der Waals surface area contributed by atoms with Gasteiger partial charge in [-0.15, -0.1) is 0 Å². The first-order chi connectivity index (χ1) is 18.3. The molecule has 4 aromatic rings. The summed E-state index contributed by atoms with van der Waals surface area (Å²) in [4.78, 5) is 38.0. The summed E-state index contributed by atoms with van der Waals surface area (Å²) in [6, 6.07) is 27.3. The molecule has 4 rings (SSSR count). The number of carboxylic acids is 1. The summed E-state index contributed by atoms with van der Waals surface area (Å²) in [6.07, 6.45) is 0.649. The Balaban J connectivity index is 1.56. The molecule has 0 aliphatic heterocycles. The van der Waals surface area contributed by atoms with Gasteiger partial charge in [-0.1, -0.05) is 54.6 Å². The quantitative estimate of drug-likeness (QED) is 0.167. The van der Waals surface area contributed by atoms with Crippen LogP contribution in [0.15, 0.2) is 97.1 Å². The van der Waals surface area contributed by atoms with Crippen LogP contribution in [0.5, 0.6) is 0 Å². The summed E-state index contributed by atoms with van der Waals surface area (Å²) in [5, 5.41) is 23.0. The van der Waals surface area contributed by atoms with Gasteiger partial charge in [0, 0.05) is 28.9 Å². The maximum absolute atomic E-state index is 13.1. The number of hydrogen-bond donors (Lipinski definition) is 5. The summed E-state index contributed by atoms with van der Waals surface area (Å²) in [6.45, 7) is 0.406. The molecule has 0 spiro atoms. The van der Waals surface area contributed by atoms with Crippen molar-refractivity contribution in [3.05, 3.63) is 125 Å². The molecule has 0 radical (unpaired) electrons. The highest BCUT2D eigenvalue weighted by Crippen LogP contribution is 2.29. The molecule has 6 N–H and O–H groups in total. The minimum atomic E-state index is -1.21. The number of nitrogen functional groups attached to an aromatic ring is 1. The van der Waals surface area contributed by atoms with Crippen molar-refractivity contribution in [3.63, 3.8) is 0 Å². The van der Waals surface area contributed by atoms with Crippen LogP contribution < -0.4 is 16.4 Å². The Morgan fingerprint density at radius 1 is 0.737 bits per heavy atom. The summed E-state index contributed by atoms with van der Waals surface area (Å²) in [5.74, 6) is -2.11. The van der Waals surface area contributed by atoms with Crippen molar-refractivity contribution >= 4 is 29.3 Å². The molecule has 190 valence electrons. The minimum absolute atomic E-state index is 0.0808. The number of rotatable bonds is 9. The molecule has 2 amide bonds. The Kier molecular flexibility index (Phi) is 7.93. The lowest BCUT2D eigenvalue weighted by atomic mass is 9.93. The zero-order chi connectivity index (χ0) is 27.1. The number of amidine groups is 1. The molecule has 8 nitrogen and oxygen atoms in total. The number of nitrogens with one attached hydrogen (secondary N) is 3. The largest absolute Gasteiger partial charge is 0.478 e. The maximum Gasteiger partial charge on any atom is 0.336 e. The number of benzene rings is 4. The molecule has 4 aromatic carbocycles. The van der Waals surface area contributed by atoms with Gasteiger partial charge in [0.25, 0.3) is 11.8 Å². The summed E-state index contributed by atoms with van der Waals surface area (Å²) < 4.78 is 0. The molecule has 0 bridgehead atoms. The van der Waals surface area contributed by atoms with Crippen LogP contribution in [-0.4, -0.2) is 35.3 Å². The van der Waals surface area contributed by atoms with Gasteiger partial charge < -0.3 is 21.5 Å². The standard InChI is InChI=1S/C30H26N4O4/c31-27(32)20-10-13-22(14-11-20)34-29(36)25-9-5-4-8-23(25)24-15-12-21(18-26(24)30(37)38)28(35)33-17-16-19-6-2-1-3-7-19/h1-15,18H,16-17H2,(H3,31,32)(H,33,35)(H,34,36)(H,37,38). The van der Waals surface area contributed by atoms with Gasteiger partial charge in [0.05, 0.1) is 5.56 Å². The molecule has 0 fully saturated rings. The average molecular weight is 507 g/mol. The number of carboxylic acid groups (broad SMARTS) is 1. The monoisotopic (exact) mass is 506 g/mol. The van der Waals surface area contributed by atoms with Crippen LogP contribution in [-0.2, 0) is 6.42 Å². The number of hydrogen-bond acceptors (Lipinski definition) is 4. The molecule has 8 heteroatoms. The van der Waals surface area contributed by atoms with Crippen LogP contribution in [0.3, 0.4) is 0 Å². The fourth-order valence-corrected chi connectivity index (χ4v) is 4.01. The van der Waals surface area contributed by atoms with E-state index in [4.69, 9.17) is 11.1 Å². The number of aromatic carboxylic acids is 1. The van der Waals surface area contributed by atoms with Crippen LogP contribution in [0.25, 0.3) is 11.1 Å². The van der Waals surface area contributed by atoms with Crippen LogP contribution in [0.2, 0.25) is 0 Å². The second kappa shape index (κ2) is 11.7. The van der Waals surface area contributed by atoms with Gasteiger partial charge in [0.1, 0.15) is 5.84 Å². The van der Waals surface area contributed by atoms with Crippen molar-refractivity contribution in [3.8, 4) is 11.1 Å². The van der Waals surface area contributed by atoms with Crippen molar-refractivity contribution < 1.29 is 19.5 Å². The van der Waals surface area contributed by atoms with Crippen molar-refractivity contribution in [1.29, 1.82) is 5.41 Å². The second-order valence-corrected chi connectivity index (χ2v) is 8.55. The van der Waals surface area contributed by atoms with Gasteiger partial charge in [-0.3, -0.25) is 15.0 Å². The number of carbonyl (C=O) groups is 3. The lowest BCUT2D eigenvalue weighted by Crippen LogP contribution is -2.26. The SMILES string of the molecule is N=C(N)c1ccc(NC(=O)c2ccccc2-c2ccc(C(=O)NCCc3ccccc3)cc2C(=O)O)cc1. The number of carbonyl (C=O) groups excluding carboxylic acids is 2. The van der Waals surface area contributed by atoms with Gasteiger partial charge in [0.2, 0.25) is 0 Å². The molecule has 0 atom stereocenters. The zero-order valence-corrected chi connectivity index (χ0v) is 20.4. The third-order valence-electron chi connectivity index (χ3n) is 5.97. The van der Waals surface area contributed by atoms with Gasteiger partial charge in [-0.25, -0.2) is 4.79 Å². The van der Waals surface area contributed by atoms with Crippen LogP contribution >= 0.6 is 0 Å². The Morgan fingerprint density at radius 2 is 1.37 bits per heavy atom. The van der Waals surface area contributed by atoms with Gasteiger partial charge in [-0.2, -0.15) is 0 Å². The van der Waals surface area contributed by atoms with Crippen LogP contribution in [0, 0.1) is 5.41 Å². The number of nitrogens with two attached hydrogens (primary N) is 1. The smallest absolute Gasteiger partial charge is 0.336 e. The summed E-state index contributed by atoms with van der Waals surface area (Å²) in [7, 11) is 0. The predicted molar refractivity (Wildman–Crippen MR) is 147 cm³/mol. The van der Waals surface area contributed by atoms with E-state index in [0.717, 1.165) is 5.56 Å². The highest BCUT2D eigenvalue weighted by molar-refractivity contribution is 6.11. The highest BCUT2D eigenvalue weighted by Gasteiger charge is 2.20. The van der Waals surface area contributed by atoms with Crippen LogP contribution in [0.1, 0.15) is 42.2 Å². The predicted octanol–water partition coefficient (Wildman–Crippen LogP) is 4.56. The van der Waals surface area contributed by atoms with E-state index in [0.29, 0.717) is 35.3 Å². The lowest BCUT2D eigenvalue weighted by molar-refractivity contribution is 0.0697. The van der Waals surface area contributed by atoms with Gasteiger partial charge >= 0.3 is 5.97 Å². The first-order valence-corrected chi connectivity index (χ1v) is 11.9. The minimum Gasteiger partial charge on any atom is -0.478 e. The lowest BCUT2D eigenvalue weighted by Gasteiger charge is -2.14. The molecular formula is C30H26N4O4. The van der Waals surface area contributed by atoms with E-state index in [1.807, 2.05) is 30.3 Å². The highest BCUT2D eigenvalue weighted by atomic mass is 16.4. The van der Waals surface area contributed by atoms with E-state index in [9.17, 15) is 19.5 Å². The molecule has 0 unspecified atom stereocenters. The fraction of sp³-hybridized carbons (Fsp3) is 0.0667. The fourth-order valence-electron chi connectivity index (χ4n) is 4.01. The molecule has 0 saturated heterocycles. The maximum atomic E-state index is 13.1. The van der Waals surface area contributed by atoms with E-state index in [1.165, 1.54) is 6.07 Å². The Hall–Kier alpha value is -5.24. The van der Waals surface area contributed by atoms with E-state index in [-0.39, 0.29) is 28.4 Å². The van der Waals surface area contributed by atoms with Crippen LogP contribution in [0.4, 0.5) is 5.69 Å². The van der Waals surface area contributed by atoms with E-state index in [2.05, 4.69) is 10.6 Å². The van der Waals surface area contributed by atoms with Crippen molar-refractivity contribution in [2.24, 2.45) is 5.73 Å². The molecular weight excluding hydrogens is 480 g/mol. The summed E-state index contributed by atoms with van der Waals surface area (Å²) >= 11 is 0. The van der Waals surface area contributed by atoms with E-state index < -0.39 is 11.9 Å². The normalized spacial score (nSPS) is 10.4.